The van der Waals surface area contributed by atoms with Crippen molar-refractivity contribution in [1.82, 2.24) is 30.8 Å². The van der Waals surface area contributed by atoms with Gasteiger partial charge in [-0.25, -0.2) is 4.98 Å². The monoisotopic (exact) mass is 744 g/mol. The second-order valence-corrected chi connectivity index (χ2v) is 16.8. The quantitative estimate of drug-likeness (QED) is 0.199. The number of carbonyl (C=O) groups excluding carboxylic acids is 5. The van der Waals surface area contributed by atoms with Crippen LogP contribution in [0.3, 0.4) is 0 Å². The highest BCUT2D eigenvalue weighted by molar-refractivity contribution is 5.98. The van der Waals surface area contributed by atoms with Crippen molar-refractivity contribution in [3.05, 3.63) is 60.2 Å². The molecule has 3 fully saturated rings. The Kier molecular flexibility index (Phi) is 14.0. The lowest BCUT2D eigenvalue weighted by Crippen LogP contribution is -2.57. The molecule has 0 bridgehead atoms. The molecule has 0 spiro atoms. The van der Waals surface area contributed by atoms with Gasteiger partial charge in [-0.05, 0) is 67.8 Å². The van der Waals surface area contributed by atoms with E-state index in [2.05, 4.69) is 25.9 Å². The number of aromatic nitrogens is 2. The number of benzene rings is 1. The normalized spacial score (nSPS) is 23.0. The molecule has 1 aromatic carbocycles. The van der Waals surface area contributed by atoms with Crippen molar-refractivity contribution in [1.29, 1.82) is 0 Å². The van der Waals surface area contributed by atoms with Crippen LogP contribution in [0, 0.1) is 29.1 Å². The van der Waals surface area contributed by atoms with Crippen LogP contribution in [-0.2, 0) is 19.2 Å². The number of hydrogen-bond acceptors (Lipinski definition) is 8. The molecule has 1 aromatic heterocycles. The molecule has 2 aliphatic carbocycles. The van der Waals surface area contributed by atoms with Crippen molar-refractivity contribution in [2.24, 2.45) is 29.1 Å². The molecule has 5 rings (SSSR count). The summed E-state index contributed by atoms with van der Waals surface area (Å²) in [5, 5.41) is 20.1. The van der Waals surface area contributed by atoms with E-state index in [0.717, 1.165) is 56.9 Å². The van der Waals surface area contributed by atoms with Crippen LogP contribution in [-0.4, -0.2) is 80.2 Å². The Bertz CT molecular complexity index is 1590. The summed E-state index contributed by atoms with van der Waals surface area (Å²) >= 11 is 0. The van der Waals surface area contributed by atoms with Crippen LogP contribution < -0.4 is 16.0 Å². The second kappa shape index (κ2) is 18.4. The number of fused-ring (bicyclic) bond motifs is 1. The van der Waals surface area contributed by atoms with Crippen molar-refractivity contribution in [2.75, 3.05) is 6.54 Å². The van der Waals surface area contributed by atoms with Gasteiger partial charge in [0, 0.05) is 31.3 Å². The number of hydrogen-bond donors (Lipinski definition) is 4. The van der Waals surface area contributed by atoms with Crippen LogP contribution in [0.2, 0.25) is 0 Å². The van der Waals surface area contributed by atoms with E-state index in [4.69, 9.17) is 0 Å². The first-order valence-electron chi connectivity index (χ1n) is 20.0. The van der Waals surface area contributed by atoms with Gasteiger partial charge in [-0.15, -0.1) is 0 Å². The van der Waals surface area contributed by atoms with Gasteiger partial charge in [0.1, 0.15) is 11.7 Å². The zero-order chi connectivity index (χ0) is 39.0. The molecule has 0 radical (unpaired) electrons. The number of aliphatic hydroxyl groups is 1. The molecule has 4 amide bonds. The Labute approximate surface area is 320 Å². The summed E-state index contributed by atoms with van der Waals surface area (Å²) in [7, 11) is 0. The standard InChI is InChI=1S/C42H60N6O6/c1-6-14-32(37(50)40(53)45-26(2)27-15-9-7-10-16-27)46-39(52)36-30-20-13-19-29(30)25-48(36)41(54)31(42(3,4)5)23-34(49)35(28-17-11-8-12-18-28)47-38(51)33-24-43-21-22-44-33/h7,9-10,15-16,21-22,24,26,28-32,35-37,50H,6,8,11-14,17-20,23,25H2,1-5H3,(H,45,53)(H,46,52)(H,47,51)/t26-,29-,30-,31+,32-,35-,36-,37?/m0/s1. The summed E-state index contributed by atoms with van der Waals surface area (Å²) in [6.07, 6.45) is 11.0. The van der Waals surface area contributed by atoms with E-state index >= 15 is 0 Å². The van der Waals surface area contributed by atoms with Crippen LogP contribution in [0.4, 0.5) is 0 Å². The van der Waals surface area contributed by atoms with E-state index in [-0.39, 0.29) is 53.5 Å². The highest BCUT2D eigenvalue weighted by Crippen LogP contribution is 2.44. The van der Waals surface area contributed by atoms with Gasteiger partial charge in [-0.3, -0.25) is 29.0 Å². The summed E-state index contributed by atoms with van der Waals surface area (Å²) in [5.41, 5.74) is 0.388. The van der Waals surface area contributed by atoms with Crippen molar-refractivity contribution in [3.63, 3.8) is 0 Å². The third kappa shape index (κ3) is 9.91. The predicted molar refractivity (Wildman–Crippen MR) is 205 cm³/mol. The molecular weight excluding hydrogens is 684 g/mol. The largest absolute Gasteiger partial charge is 0.381 e. The van der Waals surface area contributed by atoms with Gasteiger partial charge in [0.15, 0.2) is 11.9 Å². The molecule has 8 atom stereocenters. The molecule has 1 saturated heterocycles. The average molecular weight is 745 g/mol. The minimum Gasteiger partial charge on any atom is -0.381 e. The van der Waals surface area contributed by atoms with Gasteiger partial charge < -0.3 is 26.0 Å². The first-order valence-corrected chi connectivity index (χ1v) is 20.0. The number of Topliss-reactive ketones (excluding diaryl/α,β-unsaturated/α-hetero) is 1. The van der Waals surface area contributed by atoms with Gasteiger partial charge in [0.05, 0.1) is 24.3 Å². The minimum absolute atomic E-state index is 0.0536. The van der Waals surface area contributed by atoms with Crippen LogP contribution in [0.15, 0.2) is 48.9 Å². The molecule has 54 heavy (non-hydrogen) atoms. The van der Waals surface area contributed by atoms with Crippen LogP contribution >= 0.6 is 0 Å². The lowest BCUT2D eigenvalue weighted by molar-refractivity contribution is -0.148. The number of nitrogens with one attached hydrogen (secondary N) is 3. The molecule has 2 heterocycles. The number of carbonyl (C=O) groups is 5. The topological polar surface area (TPSA) is 171 Å². The van der Waals surface area contributed by atoms with Crippen molar-refractivity contribution in [2.45, 2.75) is 136 Å². The lowest BCUT2D eigenvalue weighted by Gasteiger charge is -2.37. The molecule has 3 aliphatic rings. The predicted octanol–water partition coefficient (Wildman–Crippen LogP) is 4.93. The van der Waals surface area contributed by atoms with E-state index in [9.17, 15) is 29.1 Å². The summed E-state index contributed by atoms with van der Waals surface area (Å²) in [5.74, 6) is -2.60. The molecule has 12 heteroatoms. The van der Waals surface area contributed by atoms with Crippen LogP contribution in [0.5, 0.6) is 0 Å². The number of rotatable bonds is 15. The Morgan fingerprint density at radius 3 is 2.30 bits per heavy atom. The summed E-state index contributed by atoms with van der Waals surface area (Å²) < 4.78 is 0. The number of nitrogens with zero attached hydrogens (tertiary/aromatic N) is 3. The third-order valence-corrected chi connectivity index (χ3v) is 12.0. The molecule has 4 N–H and O–H groups in total. The highest BCUT2D eigenvalue weighted by atomic mass is 16.3. The smallest absolute Gasteiger partial charge is 0.272 e. The molecule has 2 aromatic rings. The maximum absolute atomic E-state index is 14.8. The van der Waals surface area contributed by atoms with Gasteiger partial charge in [0.25, 0.3) is 11.8 Å². The fourth-order valence-corrected chi connectivity index (χ4v) is 8.92. The Morgan fingerprint density at radius 2 is 1.65 bits per heavy atom. The molecule has 1 unspecified atom stereocenters. The SMILES string of the molecule is CCC[C@H](NC(=O)[C@@H]1[C@H]2CCC[C@H]2CN1C(=O)[C@@H](CC(=O)[C@@H](NC(=O)c1cnccn1)C1CCCCC1)C(C)(C)C)C(O)C(=O)N[C@@H](C)c1ccccc1. The zero-order valence-electron chi connectivity index (χ0n) is 32.6. The Morgan fingerprint density at radius 1 is 0.926 bits per heavy atom. The summed E-state index contributed by atoms with van der Waals surface area (Å²) in [6, 6.07) is 6.70. The first kappa shape index (κ1) is 41.0. The van der Waals surface area contributed by atoms with Crippen LogP contribution in [0.25, 0.3) is 0 Å². The number of ketones is 1. The average Bonchev–Trinajstić information content (AvgIpc) is 3.77. The fraction of sp³-hybridized carbons (Fsp3) is 0.643. The summed E-state index contributed by atoms with van der Waals surface area (Å²) in [6.45, 7) is 9.99. The number of likely N-dealkylation sites (tertiary alicyclic amines) is 1. The Hall–Kier alpha value is -4.19. The maximum Gasteiger partial charge on any atom is 0.272 e. The van der Waals surface area contributed by atoms with Crippen molar-refractivity contribution < 1.29 is 29.1 Å². The van der Waals surface area contributed by atoms with Gasteiger partial charge >= 0.3 is 0 Å². The van der Waals surface area contributed by atoms with Gasteiger partial charge in [0.2, 0.25) is 11.8 Å². The lowest BCUT2D eigenvalue weighted by atomic mass is 9.74. The maximum atomic E-state index is 14.8. The molecule has 2 saturated carbocycles. The van der Waals surface area contributed by atoms with E-state index < -0.39 is 47.4 Å². The number of amides is 4. The first-order chi connectivity index (χ1) is 25.8. The van der Waals surface area contributed by atoms with E-state index in [1.54, 1.807) is 4.90 Å². The Balaban J connectivity index is 1.34. The minimum atomic E-state index is -1.49. The third-order valence-electron chi connectivity index (χ3n) is 12.0. The summed E-state index contributed by atoms with van der Waals surface area (Å²) in [4.78, 5) is 79.9. The van der Waals surface area contributed by atoms with Crippen molar-refractivity contribution >= 4 is 29.4 Å². The van der Waals surface area contributed by atoms with E-state index in [1.165, 1.54) is 18.6 Å². The molecule has 12 nitrogen and oxygen atoms in total. The van der Waals surface area contributed by atoms with E-state index in [1.807, 2.05) is 65.0 Å². The van der Waals surface area contributed by atoms with Gasteiger partial charge in [-0.2, -0.15) is 0 Å². The highest BCUT2D eigenvalue weighted by Gasteiger charge is 2.52. The molecular formula is C42H60N6O6. The van der Waals surface area contributed by atoms with Crippen LogP contribution in [0.1, 0.15) is 127 Å². The fourth-order valence-electron chi connectivity index (χ4n) is 8.92. The van der Waals surface area contributed by atoms with E-state index in [0.29, 0.717) is 19.4 Å². The number of aliphatic hydroxyl groups excluding tert-OH is 1. The van der Waals surface area contributed by atoms with Gasteiger partial charge in [-0.1, -0.05) is 90.1 Å². The second-order valence-electron chi connectivity index (χ2n) is 16.8. The molecule has 294 valence electrons. The zero-order valence-corrected chi connectivity index (χ0v) is 32.6. The molecule has 1 aliphatic heterocycles. The van der Waals surface area contributed by atoms with Crippen molar-refractivity contribution in [3.8, 4) is 0 Å².